The summed E-state index contributed by atoms with van der Waals surface area (Å²) in [4.78, 5) is 24.1. The maximum Gasteiger partial charge on any atom is 0.323 e. The van der Waals surface area contributed by atoms with E-state index >= 15 is 0 Å². The predicted molar refractivity (Wildman–Crippen MR) is 119 cm³/mol. The van der Waals surface area contributed by atoms with Crippen LogP contribution in [-0.2, 0) is 0 Å². The first-order valence-electron chi connectivity index (χ1n) is 11.0. The van der Waals surface area contributed by atoms with Crippen molar-refractivity contribution in [2.24, 2.45) is 17.8 Å². The molecule has 2 aliphatic heterocycles. The largest absolute Gasteiger partial charge is 0.396 e. The number of urea groups is 1. The van der Waals surface area contributed by atoms with Crippen LogP contribution < -0.4 is 11.1 Å². The van der Waals surface area contributed by atoms with Gasteiger partial charge in [0, 0.05) is 51.4 Å². The quantitative estimate of drug-likeness (QED) is 0.788. The number of anilines is 2. The average molecular weight is 425 g/mol. The number of benzene rings is 1. The fraction of sp³-hybridized carbons (Fsp3) is 0.478. The molecular weight excluding hydrogens is 395 g/mol. The van der Waals surface area contributed by atoms with Crippen molar-refractivity contribution in [3.63, 3.8) is 0 Å². The first-order valence-corrected chi connectivity index (χ1v) is 11.0. The number of nitrogen functional groups attached to an aromatic ring is 1. The highest BCUT2D eigenvalue weighted by molar-refractivity contribution is 5.92. The summed E-state index contributed by atoms with van der Waals surface area (Å²) in [5, 5.41) is 2.88. The Morgan fingerprint density at radius 2 is 1.77 bits per heavy atom. The number of hydrogen-bond donors (Lipinski definition) is 2. The maximum absolute atomic E-state index is 13.2. The van der Waals surface area contributed by atoms with Gasteiger partial charge in [-0.1, -0.05) is 0 Å². The summed E-state index contributed by atoms with van der Waals surface area (Å²) in [6.07, 6.45) is 0. The number of piperidine rings is 1. The van der Waals surface area contributed by atoms with Crippen molar-refractivity contribution >= 4 is 17.5 Å². The summed E-state index contributed by atoms with van der Waals surface area (Å²) in [6, 6.07) is 9.44. The molecule has 1 aliphatic carbocycles. The monoisotopic (exact) mass is 424 g/mol. The van der Waals surface area contributed by atoms with Gasteiger partial charge in [0.15, 0.2) is 5.82 Å². The third kappa shape index (κ3) is 4.22. The molecule has 3 heterocycles. The van der Waals surface area contributed by atoms with Crippen LogP contribution in [0.15, 0.2) is 36.4 Å². The Labute approximate surface area is 182 Å². The first-order chi connectivity index (χ1) is 15.0. The van der Waals surface area contributed by atoms with Crippen LogP contribution in [-0.4, -0.2) is 78.6 Å². The molecule has 2 aromatic rings. The Morgan fingerprint density at radius 1 is 1.10 bits per heavy atom. The van der Waals surface area contributed by atoms with Crippen molar-refractivity contribution in [2.75, 3.05) is 63.9 Å². The molecule has 3 N–H and O–H groups in total. The van der Waals surface area contributed by atoms with Crippen LogP contribution in [0.25, 0.3) is 11.3 Å². The van der Waals surface area contributed by atoms with E-state index in [0.29, 0.717) is 29.0 Å². The van der Waals surface area contributed by atoms with Gasteiger partial charge in [0.25, 0.3) is 0 Å². The number of likely N-dealkylation sites (N-methyl/N-ethyl adjacent to an activating group) is 1. The van der Waals surface area contributed by atoms with E-state index in [1.54, 1.807) is 24.3 Å². The normalized spacial score (nSPS) is 26.0. The van der Waals surface area contributed by atoms with Gasteiger partial charge in [0.05, 0.1) is 11.4 Å². The van der Waals surface area contributed by atoms with E-state index in [9.17, 15) is 9.18 Å². The van der Waals surface area contributed by atoms with Gasteiger partial charge in [-0.15, -0.1) is 0 Å². The van der Waals surface area contributed by atoms with Crippen molar-refractivity contribution in [3.8, 4) is 11.3 Å². The minimum Gasteiger partial charge on any atom is -0.396 e. The third-order valence-electron chi connectivity index (χ3n) is 7.02. The molecule has 31 heavy (non-hydrogen) atoms. The third-order valence-corrected chi connectivity index (χ3v) is 7.02. The highest BCUT2D eigenvalue weighted by Gasteiger charge is 2.56. The molecule has 2 saturated heterocycles. The molecule has 1 aromatic carbocycles. The fourth-order valence-electron chi connectivity index (χ4n) is 4.95. The van der Waals surface area contributed by atoms with Crippen molar-refractivity contribution in [3.05, 3.63) is 42.2 Å². The molecule has 0 unspecified atom stereocenters. The first kappa shape index (κ1) is 20.2. The van der Waals surface area contributed by atoms with Gasteiger partial charge in [0.1, 0.15) is 5.82 Å². The zero-order valence-corrected chi connectivity index (χ0v) is 17.8. The number of aromatic nitrogens is 1. The SMILES string of the molecule is CN1CCN(C[C@@H]2[C@H]3CN(C(=O)Nc4nc(-c5ccc(F)cc5)ccc4N)C[C@@H]23)CC1. The number of nitrogens with zero attached hydrogens (tertiary/aromatic N) is 4. The number of carbonyl (C=O) groups is 1. The van der Waals surface area contributed by atoms with Crippen LogP contribution in [0.4, 0.5) is 20.7 Å². The number of likely N-dealkylation sites (tertiary alicyclic amines) is 1. The molecule has 164 valence electrons. The van der Waals surface area contributed by atoms with Crippen LogP contribution in [0.2, 0.25) is 0 Å². The molecule has 3 fully saturated rings. The Balaban J connectivity index is 1.17. The lowest BCUT2D eigenvalue weighted by Gasteiger charge is -2.33. The number of carbonyl (C=O) groups excluding carboxylic acids is 1. The van der Waals surface area contributed by atoms with Gasteiger partial charge in [-0.2, -0.15) is 0 Å². The molecule has 5 rings (SSSR count). The second-order valence-electron chi connectivity index (χ2n) is 9.07. The van der Waals surface area contributed by atoms with Crippen LogP contribution >= 0.6 is 0 Å². The zero-order chi connectivity index (χ0) is 21.5. The zero-order valence-electron chi connectivity index (χ0n) is 17.8. The van der Waals surface area contributed by atoms with Crippen molar-refractivity contribution in [1.82, 2.24) is 19.7 Å². The minimum absolute atomic E-state index is 0.152. The maximum atomic E-state index is 13.2. The standard InChI is InChI=1S/C23H29FN6O/c1-28-8-10-29(11-9-28)12-17-18-13-30(14-19(17)18)23(31)27-22-20(25)6-7-21(26-22)15-2-4-16(24)5-3-15/h2-7,17-19H,8-14,25H2,1H3,(H,26,27,31)/t17-,18-,19+. The summed E-state index contributed by atoms with van der Waals surface area (Å²) in [5.41, 5.74) is 7.87. The number of rotatable bonds is 4. The highest BCUT2D eigenvalue weighted by Crippen LogP contribution is 2.52. The molecule has 3 atom stereocenters. The lowest BCUT2D eigenvalue weighted by atomic mass is 10.1. The van der Waals surface area contributed by atoms with E-state index in [4.69, 9.17) is 5.73 Å². The summed E-state index contributed by atoms with van der Waals surface area (Å²) >= 11 is 0. The van der Waals surface area contributed by atoms with Crippen LogP contribution in [0.1, 0.15) is 0 Å². The molecule has 1 saturated carbocycles. The van der Waals surface area contributed by atoms with Crippen LogP contribution in [0.3, 0.4) is 0 Å². The van der Waals surface area contributed by atoms with Crippen molar-refractivity contribution in [2.45, 2.75) is 0 Å². The van der Waals surface area contributed by atoms with E-state index in [2.05, 4.69) is 27.1 Å². The molecule has 1 aromatic heterocycles. The number of nitrogens with two attached hydrogens (primary N) is 1. The van der Waals surface area contributed by atoms with E-state index in [-0.39, 0.29) is 11.8 Å². The second-order valence-corrected chi connectivity index (χ2v) is 9.07. The number of halogens is 1. The molecule has 0 spiro atoms. The van der Waals surface area contributed by atoms with Crippen LogP contribution in [0, 0.1) is 23.6 Å². The van der Waals surface area contributed by atoms with Gasteiger partial charge in [-0.05, 0) is 61.2 Å². The van der Waals surface area contributed by atoms with Gasteiger partial charge in [0.2, 0.25) is 0 Å². The lowest BCUT2D eigenvalue weighted by Crippen LogP contribution is -2.45. The number of amides is 2. The number of piperazine rings is 1. The van der Waals surface area contributed by atoms with Gasteiger partial charge in [-0.3, -0.25) is 5.32 Å². The average Bonchev–Trinajstić information content (AvgIpc) is 3.18. The number of nitrogens with one attached hydrogen (secondary N) is 1. The van der Waals surface area contributed by atoms with E-state index < -0.39 is 0 Å². The number of hydrogen-bond acceptors (Lipinski definition) is 5. The van der Waals surface area contributed by atoms with Crippen LogP contribution in [0.5, 0.6) is 0 Å². The van der Waals surface area contributed by atoms with Crippen molar-refractivity contribution < 1.29 is 9.18 Å². The molecule has 0 radical (unpaired) electrons. The van der Waals surface area contributed by atoms with Gasteiger partial charge in [-0.25, -0.2) is 14.2 Å². The highest BCUT2D eigenvalue weighted by atomic mass is 19.1. The van der Waals surface area contributed by atoms with E-state index in [0.717, 1.165) is 57.3 Å². The minimum atomic E-state index is -0.300. The molecule has 3 aliphatic rings. The Hall–Kier alpha value is -2.71. The Morgan fingerprint density at radius 3 is 2.45 bits per heavy atom. The second kappa shape index (κ2) is 8.09. The van der Waals surface area contributed by atoms with Gasteiger partial charge < -0.3 is 20.4 Å². The molecule has 0 bridgehead atoms. The summed E-state index contributed by atoms with van der Waals surface area (Å²) in [5.74, 6) is 1.99. The predicted octanol–water partition coefficient (Wildman–Crippen LogP) is 2.43. The van der Waals surface area contributed by atoms with Gasteiger partial charge >= 0.3 is 6.03 Å². The molecule has 8 heteroatoms. The molecular formula is C23H29FN6O. The molecule has 2 amide bonds. The number of pyridine rings is 1. The van der Waals surface area contributed by atoms with Crippen molar-refractivity contribution in [1.29, 1.82) is 0 Å². The van der Waals surface area contributed by atoms with E-state index in [1.165, 1.54) is 12.1 Å². The summed E-state index contributed by atoms with van der Waals surface area (Å²) < 4.78 is 13.2. The number of fused-ring (bicyclic) bond motifs is 1. The fourth-order valence-corrected chi connectivity index (χ4v) is 4.95. The van der Waals surface area contributed by atoms with E-state index in [1.807, 2.05) is 4.90 Å². The Bertz CT molecular complexity index is 947. The summed E-state index contributed by atoms with van der Waals surface area (Å²) in [7, 11) is 2.18. The smallest absolute Gasteiger partial charge is 0.323 e. The Kier molecular flexibility index (Phi) is 5.27. The lowest BCUT2D eigenvalue weighted by molar-refractivity contribution is 0.141. The molecule has 7 nitrogen and oxygen atoms in total. The topological polar surface area (TPSA) is 77.7 Å². The summed E-state index contributed by atoms with van der Waals surface area (Å²) in [6.45, 7) is 7.33.